The van der Waals surface area contributed by atoms with Gasteiger partial charge in [0.1, 0.15) is 11.4 Å². The number of hydrogen-bond acceptors (Lipinski definition) is 6. The molecule has 1 aliphatic rings. The third-order valence-corrected chi connectivity index (χ3v) is 3.34. The van der Waals surface area contributed by atoms with Gasteiger partial charge in [-0.15, -0.1) is 0 Å². The van der Waals surface area contributed by atoms with Gasteiger partial charge in [0.25, 0.3) is 5.69 Å². The lowest BCUT2D eigenvalue weighted by molar-refractivity contribution is -0.393. The van der Waals surface area contributed by atoms with Crippen LogP contribution in [0.15, 0.2) is 18.2 Å². The molecule has 0 N–H and O–H groups in total. The van der Waals surface area contributed by atoms with E-state index < -0.39 is 9.85 Å². The average molecular weight is 280 g/mol. The number of nitro benzene ring substituents is 2. The van der Waals surface area contributed by atoms with E-state index in [-0.39, 0.29) is 23.1 Å². The Bertz CT molecular complexity index is 585. The molecule has 0 spiro atoms. The zero-order chi connectivity index (χ0) is 15.2. The molecule has 1 unspecified atom stereocenters. The van der Waals surface area contributed by atoms with Crippen molar-refractivity contribution in [3.8, 4) is 0 Å². The Morgan fingerprint density at radius 1 is 1.15 bits per heavy atom. The summed E-state index contributed by atoms with van der Waals surface area (Å²) < 4.78 is 0. The van der Waals surface area contributed by atoms with Crippen LogP contribution < -0.4 is 5.01 Å². The third kappa shape index (κ3) is 2.07. The van der Waals surface area contributed by atoms with Gasteiger partial charge in [-0.2, -0.15) is 5.01 Å². The van der Waals surface area contributed by atoms with Crippen molar-refractivity contribution >= 4 is 17.1 Å². The summed E-state index contributed by atoms with van der Waals surface area (Å²) in [5.41, 5.74) is -0.499. The number of hydrogen-bond donors (Lipinski definition) is 0. The molecule has 0 aromatic heterocycles. The molecule has 1 saturated heterocycles. The summed E-state index contributed by atoms with van der Waals surface area (Å²) in [5, 5.41) is 25.7. The first kappa shape index (κ1) is 14.2. The van der Waals surface area contributed by atoms with E-state index in [1.807, 2.05) is 32.7 Å². The average Bonchev–Trinajstić information content (AvgIpc) is 2.91. The molecule has 0 radical (unpaired) electrons. The first-order valence-electron chi connectivity index (χ1n) is 6.20. The molecule has 108 valence electrons. The molecular weight excluding hydrogens is 264 g/mol. The van der Waals surface area contributed by atoms with Crippen LogP contribution in [0.4, 0.5) is 17.1 Å². The zero-order valence-corrected chi connectivity index (χ0v) is 11.7. The molecule has 2 rings (SSSR count). The minimum absolute atomic E-state index is 0.180. The third-order valence-electron chi connectivity index (χ3n) is 3.34. The van der Waals surface area contributed by atoms with Gasteiger partial charge in [0.15, 0.2) is 0 Å². The van der Waals surface area contributed by atoms with E-state index >= 15 is 0 Å². The number of anilines is 1. The van der Waals surface area contributed by atoms with Crippen LogP contribution in [-0.4, -0.2) is 26.6 Å². The lowest BCUT2D eigenvalue weighted by Crippen LogP contribution is -2.17. The van der Waals surface area contributed by atoms with Gasteiger partial charge in [0, 0.05) is 12.1 Å². The highest BCUT2D eigenvalue weighted by molar-refractivity contribution is 5.70. The number of nitro groups is 2. The van der Waals surface area contributed by atoms with E-state index in [0.29, 0.717) is 5.69 Å². The van der Waals surface area contributed by atoms with Gasteiger partial charge >= 0.3 is 5.69 Å². The lowest BCUT2D eigenvalue weighted by Gasteiger charge is -2.09. The first-order chi connectivity index (χ1) is 9.17. The van der Waals surface area contributed by atoms with Crippen molar-refractivity contribution in [2.24, 2.45) is 0 Å². The number of benzene rings is 1. The smallest absolute Gasteiger partial charge is 0.275 e. The highest BCUT2D eigenvalue weighted by Gasteiger charge is 2.57. The van der Waals surface area contributed by atoms with Gasteiger partial charge in [-0.05, 0) is 33.8 Å². The number of nitrogens with zero attached hydrogens (tertiary/aromatic N) is 4. The van der Waals surface area contributed by atoms with Crippen LogP contribution in [0.25, 0.3) is 0 Å². The second kappa shape index (κ2) is 4.41. The molecule has 0 aliphatic carbocycles. The van der Waals surface area contributed by atoms with Gasteiger partial charge in [-0.25, -0.2) is 0 Å². The molecule has 1 aromatic carbocycles. The summed E-state index contributed by atoms with van der Waals surface area (Å²) in [6.07, 6.45) is 0. The summed E-state index contributed by atoms with van der Waals surface area (Å²) in [7, 11) is 0. The molecule has 8 heteroatoms. The fourth-order valence-electron chi connectivity index (χ4n) is 2.62. The second-order valence-corrected chi connectivity index (χ2v) is 5.43. The molecular formula is C12H16N4O4. The number of rotatable bonds is 4. The minimum Gasteiger partial charge on any atom is -0.275 e. The molecule has 1 heterocycles. The minimum atomic E-state index is -0.635. The van der Waals surface area contributed by atoms with E-state index in [9.17, 15) is 20.2 Å². The van der Waals surface area contributed by atoms with Crippen LogP contribution in [0.5, 0.6) is 0 Å². The Labute approximate surface area is 115 Å². The summed E-state index contributed by atoms with van der Waals surface area (Å²) >= 11 is 0. The standard InChI is InChI=1S/C12H16N4O4/c1-8(2)13-12(3,4)14(13)10-6-5-9(15(17)18)7-11(10)16(19)20/h5-8H,1-4H3. The van der Waals surface area contributed by atoms with Crippen molar-refractivity contribution in [3.63, 3.8) is 0 Å². The molecule has 0 saturated carbocycles. The highest BCUT2D eigenvalue weighted by atomic mass is 16.6. The van der Waals surface area contributed by atoms with Gasteiger partial charge in [0.2, 0.25) is 0 Å². The van der Waals surface area contributed by atoms with Crippen molar-refractivity contribution in [3.05, 3.63) is 38.4 Å². The zero-order valence-electron chi connectivity index (χ0n) is 11.7. The fraction of sp³-hybridized carbons (Fsp3) is 0.500. The molecule has 8 nitrogen and oxygen atoms in total. The van der Waals surface area contributed by atoms with Crippen LogP contribution in [0.1, 0.15) is 27.7 Å². The Hall–Kier alpha value is -2.22. The van der Waals surface area contributed by atoms with Gasteiger partial charge in [0.05, 0.1) is 15.9 Å². The number of non-ortho nitro benzene ring substituents is 1. The van der Waals surface area contributed by atoms with Crippen molar-refractivity contribution in [2.45, 2.75) is 39.4 Å². The molecule has 0 bridgehead atoms. The Kier molecular flexibility index (Phi) is 3.13. The van der Waals surface area contributed by atoms with Crippen LogP contribution in [-0.2, 0) is 0 Å². The maximum Gasteiger partial charge on any atom is 0.300 e. The van der Waals surface area contributed by atoms with E-state index in [4.69, 9.17) is 0 Å². The van der Waals surface area contributed by atoms with Crippen LogP contribution >= 0.6 is 0 Å². The summed E-state index contributed by atoms with van der Waals surface area (Å²) in [6.45, 7) is 7.86. The van der Waals surface area contributed by atoms with E-state index in [0.717, 1.165) is 6.07 Å². The summed E-state index contributed by atoms with van der Waals surface area (Å²) in [6, 6.07) is 3.90. The summed E-state index contributed by atoms with van der Waals surface area (Å²) in [5.74, 6) is 0. The van der Waals surface area contributed by atoms with Crippen molar-refractivity contribution in [2.75, 3.05) is 5.01 Å². The van der Waals surface area contributed by atoms with Gasteiger partial charge in [-0.3, -0.25) is 25.2 Å². The molecule has 0 amide bonds. The molecule has 1 aromatic rings. The quantitative estimate of drug-likeness (QED) is 0.478. The topological polar surface area (TPSA) is 92.3 Å². The number of hydrazine groups is 1. The monoisotopic (exact) mass is 280 g/mol. The molecule has 1 aliphatic heterocycles. The Morgan fingerprint density at radius 2 is 1.75 bits per heavy atom. The van der Waals surface area contributed by atoms with Crippen molar-refractivity contribution in [1.82, 2.24) is 5.01 Å². The predicted molar refractivity (Wildman–Crippen MR) is 73.3 cm³/mol. The second-order valence-electron chi connectivity index (χ2n) is 5.43. The first-order valence-corrected chi connectivity index (χ1v) is 6.20. The highest BCUT2D eigenvalue weighted by Crippen LogP contribution is 2.48. The Morgan fingerprint density at radius 3 is 2.15 bits per heavy atom. The summed E-state index contributed by atoms with van der Waals surface area (Å²) in [4.78, 5) is 20.7. The molecule has 1 atom stereocenters. The van der Waals surface area contributed by atoms with Gasteiger partial charge < -0.3 is 0 Å². The van der Waals surface area contributed by atoms with E-state index in [1.165, 1.54) is 12.1 Å². The van der Waals surface area contributed by atoms with E-state index in [2.05, 4.69) is 0 Å². The van der Waals surface area contributed by atoms with Crippen LogP contribution in [0.2, 0.25) is 0 Å². The fourth-order valence-corrected chi connectivity index (χ4v) is 2.62. The molecule has 20 heavy (non-hydrogen) atoms. The lowest BCUT2D eigenvalue weighted by atomic mass is 10.2. The van der Waals surface area contributed by atoms with E-state index in [1.54, 1.807) is 5.01 Å². The normalized spacial score (nSPS) is 20.1. The SMILES string of the molecule is CC(C)N1N(c2ccc([N+](=O)[O-])cc2[N+](=O)[O-])C1(C)C. The van der Waals surface area contributed by atoms with Crippen molar-refractivity contribution < 1.29 is 9.85 Å². The predicted octanol–water partition coefficient (Wildman–Crippen LogP) is 2.68. The maximum absolute atomic E-state index is 11.2. The maximum atomic E-state index is 11.2. The largest absolute Gasteiger partial charge is 0.300 e. The van der Waals surface area contributed by atoms with Crippen LogP contribution in [0.3, 0.4) is 0 Å². The van der Waals surface area contributed by atoms with Crippen LogP contribution in [0, 0.1) is 20.2 Å². The van der Waals surface area contributed by atoms with Gasteiger partial charge in [-0.1, -0.05) is 0 Å². The molecule has 1 fully saturated rings. The van der Waals surface area contributed by atoms with Crippen molar-refractivity contribution in [1.29, 1.82) is 0 Å². The Balaban J connectivity index is 2.48.